The van der Waals surface area contributed by atoms with E-state index in [0.717, 1.165) is 0 Å². The van der Waals surface area contributed by atoms with Crippen molar-refractivity contribution in [2.45, 2.75) is 25.3 Å². The fourth-order valence-electron chi connectivity index (χ4n) is 4.99. The van der Waals surface area contributed by atoms with E-state index in [2.05, 4.69) is 25.4 Å². The Morgan fingerprint density at radius 3 is 2.62 bits per heavy atom. The molecule has 10 nitrogen and oxygen atoms in total. The number of aromatic nitrogens is 5. The van der Waals surface area contributed by atoms with Crippen molar-refractivity contribution in [3.8, 4) is 11.5 Å². The topological polar surface area (TPSA) is 149 Å². The summed E-state index contributed by atoms with van der Waals surface area (Å²) in [4.78, 5) is 37.9. The molecule has 39 heavy (non-hydrogen) atoms. The van der Waals surface area contributed by atoms with Gasteiger partial charge >= 0.3 is 5.97 Å². The number of hydrogen-bond donors (Lipinski definition) is 3. The number of carboxylic acids is 1. The van der Waals surface area contributed by atoms with E-state index in [9.17, 15) is 14.0 Å². The summed E-state index contributed by atoms with van der Waals surface area (Å²) in [7, 11) is 0. The van der Waals surface area contributed by atoms with E-state index in [1.807, 2.05) is 6.07 Å². The zero-order valence-corrected chi connectivity index (χ0v) is 20.7. The molecular weight excluding hydrogens is 501 g/mol. The van der Waals surface area contributed by atoms with Crippen LogP contribution < -0.4 is 11.1 Å². The van der Waals surface area contributed by atoms with Gasteiger partial charge in [-0.25, -0.2) is 24.0 Å². The molecule has 0 aliphatic carbocycles. The lowest BCUT2D eigenvalue weighted by molar-refractivity contribution is -0.136. The van der Waals surface area contributed by atoms with Crippen molar-refractivity contribution in [2.24, 2.45) is 0 Å². The highest BCUT2D eigenvalue weighted by atomic mass is 19.1. The highest BCUT2D eigenvalue weighted by Crippen LogP contribution is 2.45. The third kappa shape index (κ3) is 3.95. The van der Waals surface area contributed by atoms with Gasteiger partial charge in [-0.3, -0.25) is 9.59 Å². The predicted molar refractivity (Wildman–Crippen MR) is 141 cm³/mol. The Balaban J connectivity index is 1.43. The lowest BCUT2D eigenvalue weighted by atomic mass is 9.77. The van der Waals surface area contributed by atoms with Crippen LogP contribution in [0, 0.1) is 5.82 Å². The second kappa shape index (κ2) is 8.98. The minimum atomic E-state index is -1.19. The van der Waals surface area contributed by atoms with Gasteiger partial charge in [-0.1, -0.05) is 42.5 Å². The highest BCUT2D eigenvalue weighted by molar-refractivity contribution is 6.09. The van der Waals surface area contributed by atoms with Gasteiger partial charge < -0.3 is 16.2 Å². The maximum Gasteiger partial charge on any atom is 0.307 e. The fraction of sp³-hybridized carbons (Fsp3) is 0.143. The second-order valence-corrected chi connectivity index (χ2v) is 9.47. The van der Waals surface area contributed by atoms with Crippen LogP contribution in [0.3, 0.4) is 0 Å². The van der Waals surface area contributed by atoms with Crippen molar-refractivity contribution >= 4 is 34.5 Å². The summed E-state index contributed by atoms with van der Waals surface area (Å²) in [5.41, 5.74) is 8.29. The van der Waals surface area contributed by atoms with Crippen LogP contribution in [0.15, 0.2) is 66.9 Å². The van der Waals surface area contributed by atoms with Crippen LogP contribution in [0.25, 0.3) is 22.6 Å². The number of nitrogens with two attached hydrogens (primary N) is 1. The number of halogens is 1. The lowest BCUT2D eigenvalue weighted by Gasteiger charge is -2.23. The van der Waals surface area contributed by atoms with Gasteiger partial charge in [-0.05, 0) is 36.2 Å². The Labute approximate surface area is 221 Å². The van der Waals surface area contributed by atoms with E-state index < -0.39 is 11.4 Å². The van der Waals surface area contributed by atoms with E-state index in [4.69, 9.17) is 10.8 Å². The number of fused-ring (bicyclic) bond motifs is 2. The molecular formula is C28H22FN7O3. The molecule has 0 spiro atoms. The van der Waals surface area contributed by atoms with Crippen molar-refractivity contribution in [3.63, 3.8) is 0 Å². The monoisotopic (exact) mass is 523 g/mol. The molecule has 4 heterocycles. The van der Waals surface area contributed by atoms with Gasteiger partial charge in [0.05, 0.1) is 23.9 Å². The van der Waals surface area contributed by atoms with Crippen LogP contribution >= 0.6 is 0 Å². The average molecular weight is 524 g/mol. The van der Waals surface area contributed by atoms with Gasteiger partial charge in [0.25, 0.3) is 0 Å². The maximum atomic E-state index is 14.4. The Morgan fingerprint density at radius 2 is 1.87 bits per heavy atom. The van der Waals surface area contributed by atoms with E-state index in [1.54, 1.807) is 66.3 Å². The smallest absolute Gasteiger partial charge is 0.307 e. The van der Waals surface area contributed by atoms with Crippen LogP contribution in [0.5, 0.6) is 0 Å². The quantitative estimate of drug-likeness (QED) is 0.306. The average Bonchev–Trinajstić information content (AvgIpc) is 3.40. The summed E-state index contributed by atoms with van der Waals surface area (Å²) in [6.07, 6.45) is 1.50. The van der Waals surface area contributed by atoms with Crippen LogP contribution in [-0.4, -0.2) is 41.7 Å². The number of aliphatic carboxylic acids is 1. The standard InChI is InChI=1S/C28H22FN7O3/c1-28(17-10-8-15(9-11-17)13-20(37)38)21-23(30)32-25(33-24(21)34-27(28)39)22-18-6-4-12-31-26(18)36(35-22)14-16-5-2-3-7-19(16)29/h2-12H,13-14H2,1H3,(H,37,38)(H3,30,32,33,34,39)/t28-/m1/s1. The van der Waals surface area contributed by atoms with Gasteiger partial charge in [-0.2, -0.15) is 5.10 Å². The number of nitrogen functional groups attached to an aromatic ring is 1. The first kappa shape index (κ1) is 24.2. The summed E-state index contributed by atoms with van der Waals surface area (Å²) >= 11 is 0. The van der Waals surface area contributed by atoms with Crippen molar-refractivity contribution < 1.29 is 19.1 Å². The molecule has 1 atom stereocenters. The first-order chi connectivity index (χ1) is 18.8. The predicted octanol–water partition coefficient (Wildman–Crippen LogP) is 3.54. The molecule has 1 aliphatic heterocycles. The van der Waals surface area contributed by atoms with Crippen molar-refractivity contribution in [2.75, 3.05) is 11.1 Å². The molecule has 11 heteroatoms. The number of amides is 1. The Hall–Kier alpha value is -5.19. The molecule has 6 rings (SSSR count). The zero-order chi connectivity index (χ0) is 27.3. The minimum absolute atomic E-state index is 0.103. The van der Waals surface area contributed by atoms with E-state index in [-0.39, 0.29) is 42.2 Å². The first-order valence-corrected chi connectivity index (χ1v) is 12.1. The molecule has 3 aromatic heterocycles. The highest BCUT2D eigenvalue weighted by Gasteiger charge is 2.47. The molecule has 0 unspecified atom stereocenters. The van der Waals surface area contributed by atoms with Crippen LogP contribution in [0.4, 0.5) is 16.0 Å². The molecule has 0 bridgehead atoms. The summed E-state index contributed by atoms with van der Waals surface area (Å²) in [6.45, 7) is 1.87. The van der Waals surface area contributed by atoms with E-state index in [1.165, 1.54) is 6.07 Å². The van der Waals surface area contributed by atoms with Crippen molar-refractivity contribution in [3.05, 3.63) is 94.9 Å². The van der Waals surface area contributed by atoms with E-state index in [0.29, 0.717) is 39.0 Å². The SMILES string of the molecule is C[C@]1(c2ccc(CC(=O)O)cc2)C(=O)Nc2nc(-c3nn(Cc4ccccc4F)c4ncccc34)nc(N)c21. The van der Waals surface area contributed by atoms with Gasteiger partial charge in [0.2, 0.25) is 5.91 Å². The lowest BCUT2D eigenvalue weighted by Crippen LogP contribution is -2.33. The third-order valence-electron chi connectivity index (χ3n) is 7.01. The number of carbonyl (C=O) groups excluding carboxylic acids is 1. The number of carboxylic acid groups (broad SMARTS) is 1. The minimum Gasteiger partial charge on any atom is -0.481 e. The molecule has 194 valence electrons. The third-order valence-corrected chi connectivity index (χ3v) is 7.01. The van der Waals surface area contributed by atoms with Crippen LogP contribution in [0.2, 0.25) is 0 Å². The fourth-order valence-corrected chi connectivity index (χ4v) is 4.99. The normalized spacial score (nSPS) is 16.3. The Bertz CT molecular complexity index is 1780. The molecule has 1 amide bonds. The van der Waals surface area contributed by atoms with Crippen LogP contribution in [-0.2, 0) is 28.0 Å². The molecule has 0 saturated heterocycles. The molecule has 2 aromatic carbocycles. The van der Waals surface area contributed by atoms with Gasteiger partial charge in [0.15, 0.2) is 11.5 Å². The summed E-state index contributed by atoms with van der Waals surface area (Å²) in [5, 5.41) is 17.2. The zero-order valence-electron chi connectivity index (χ0n) is 20.7. The largest absolute Gasteiger partial charge is 0.481 e. The van der Waals surface area contributed by atoms with Gasteiger partial charge in [0, 0.05) is 11.8 Å². The number of nitrogens with one attached hydrogen (secondary N) is 1. The number of carbonyl (C=O) groups is 2. The molecule has 5 aromatic rings. The number of rotatable bonds is 6. The Kier molecular flexibility index (Phi) is 5.56. The molecule has 0 radical (unpaired) electrons. The summed E-state index contributed by atoms with van der Waals surface area (Å²) in [6, 6.07) is 16.8. The summed E-state index contributed by atoms with van der Waals surface area (Å²) < 4.78 is 15.9. The van der Waals surface area contributed by atoms with Crippen LogP contribution in [0.1, 0.15) is 29.2 Å². The molecule has 0 saturated carbocycles. The number of nitrogens with zero attached hydrogens (tertiary/aromatic N) is 5. The number of anilines is 2. The summed E-state index contributed by atoms with van der Waals surface area (Å²) in [5.74, 6) is -1.07. The van der Waals surface area contributed by atoms with Crippen molar-refractivity contribution in [1.82, 2.24) is 24.7 Å². The first-order valence-electron chi connectivity index (χ1n) is 12.1. The number of benzene rings is 2. The van der Waals surface area contributed by atoms with Gasteiger partial charge in [-0.15, -0.1) is 0 Å². The van der Waals surface area contributed by atoms with Crippen molar-refractivity contribution in [1.29, 1.82) is 0 Å². The van der Waals surface area contributed by atoms with Gasteiger partial charge in [0.1, 0.15) is 28.6 Å². The number of hydrogen-bond acceptors (Lipinski definition) is 7. The second-order valence-electron chi connectivity index (χ2n) is 9.47. The number of pyridine rings is 1. The molecule has 4 N–H and O–H groups in total. The maximum absolute atomic E-state index is 14.4. The Morgan fingerprint density at radius 1 is 1.10 bits per heavy atom. The van der Waals surface area contributed by atoms with E-state index >= 15 is 0 Å². The molecule has 0 fully saturated rings. The molecule has 1 aliphatic rings.